The Morgan fingerprint density at radius 3 is 1.12 bits per heavy atom. The van der Waals surface area contributed by atoms with Gasteiger partial charge in [0, 0.05) is 16.5 Å². The van der Waals surface area contributed by atoms with Crippen molar-refractivity contribution in [2.75, 3.05) is 0 Å². The fourth-order valence-electron chi connectivity index (χ4n) is 7.35. The molecule has 0 aromatic heterocycles. The summed E-state index contributed by atoms with van der Waals surface area (Å²) in [6, 6.07) is 13.2. The number of hydrogen-bond acceptors (Lipinski definition) is 2. The number of benzene rings is 2. The molecule has 0 radical (unpaired) electrons. The Morgan fingerprint density at radius 2 is 0.750 bits per heavy atom. The second kappa shape index (κ2) is 32.4. The van der Waals surface area contributed by atoms with Gasteiger partial charge in [0.1, 0.15) is 0 Å². The molecule has 0 amide bonds. The minimum Gasteiger partial charge on any atom is -0.251 e. The number of rotatable bonds is 31. The van der Waals surface area contributed by atoms with Gasteiger partial charge in [0.2, 0.25) is 0 Å². The predicted molar refractivity (Wildman–Crippen MR) is 231 cm³/mol. The Kier molecular flexibility index (Phi) is 30.0. The van der Waals surface area contributed by atoms with Crippen molar-refractivity contribution in [3.8, 4) is 0 Å². The third-order valence-electron chi connectivity index (χ3n) is 10.2. The average Bonchev–Trinajstić information content (AvgIpc) is 3.08. The monoisotopic (exact) mass is 755 g/mol. The number of allylic oxidation sites excluding steroid dienone is 2. The minimum absolute atomic E-state index is 0. The van der Waals surface area contributed by atoms with E-state index in [1.165, 1.54) is 170 Å². The van der Waals surface area contributed by atoms with Crippen molar-refractivity contribution < 1.29 is 16.5 Å². The van der Waals surface area contributed by atoms with Gasteiger partial charge in [0.25, 0.3) is 0 Å². The molecule has 0 heterocycles. The van der Waals surface area contributed by atoms with Gasteiger partial charge in [-0.2, -0.15) is 0 Å². The quantitative estimate of drug-likeness (QED) is 0.0416. The average molecular weight is 756 g/mol. The van der Waals surface area contributed by atoms with E-state index in [4.69, 9.17) is 9.98 Å². The van der Waals surface area contributed by atoms with E-state index in [0.29, 0.717) is 0 Å². The number of unbranched alkanes of at least 4 members (excludes halogenated alkanes) is 24. The van der Waals surface area contributed by atoms with Crippen molar-refractivity contribution >= 4 is 22.8 Å². The van der Waals surface area contributed by atoms with Crippen LogP contribution in [0.2, 0.25) is 0 Å². The molecule has 0 saturated carbocycles. The first-order chi connectivity index (χ1) is 24.9. The molecule has 2 aromatic carbocycles. The van der Waals surface area contributed by atoms with Gasteiger partial charge in [-0.05, 0) is 106 Å². The zero-order chi connectivity index (χ0) is 36.8. The molecule has 0 spiro atoms. The Bertz CT molecular complexity index is 1220. The molecule has 2 rings (SSSR count). The van der Waals surface area contributed by atoms with Crippen LogP contribution in [0.25, 0.3) is 0 Å². The van der Waals surface area contributed by atoms with Crippen LogP contribution in [0.3, 0.4) is 0 Å². The second-order valence-electron chi connectivity index (χ2n) is 15.8. The number of aryl methyl sites for hydroxylation is 4. The van der Waals surface area contributed by atoms with Gasteiger partial charge in [-0.3, -0.25) is 4.99 Å². The maximum atomic E-state index is 5.21. The first-order valence-corrected chi connectivity index (χ1v) is 21.9. The van der Waals surface area contributed by atoms with E-state index in [9.17, 15) is 0 Å². The van der Waals surface area contributed by atoms with Crippen LogP contribution in [-0.2, 0) is 16.5 Å². The third kappa shape index (κ3) is 25.1. The fourth-order valence-corrected chi connectivity index (χ4v) is 7.35. The first kappa shape index (κ1) is 48.0. The summed E-state index contributed by atoms with van der Waals surface area (Å²) in [6.45, 7) is 13.2. The molecule has 0 saturated heterocycles. The van der Waals surface area contributed by atoms with Crippen molar-refractivity contribution in [3.05, 3.63) is 70.8 Å². The molecule has 0 N–H and O–H groups in total. The van der Waals surface area contributed by atoms with Crippen LogP contribution in [0, 0.1) is 27.7 Å². The van der Waals surface area contributed by atoms with Gasteiger partial charge < -0.3 is 0 Å². The van der Waals surface area contributed by atoms with Crippen LogP contribution < -0.4 is 0 Å². The summed E-state index contributed by atoms with van der Waals surface area (Å²) >= 11 is 0. The molecule has 0 unspecified atom stereocenters. The first-order valence-electron chi connectivity index (χ1n) is 21.9. The molecule has 52 heavy (non-hydrogen) atoms. The third-order valence-corrected chi connectivity index (χ3v) is 10.2. The molecular weight excluding hydrogens is 675 g/mol. The van der Waals surface area contributed by atoms with Gasteiger partial charge in [-0.25, -0.2) is 4.99 Å². The Hall–Kier alpha value is -1.99. The van der Waals surface area contributed by atoms with Crippen molar-refractivity contribution in [3.63, 3.8) is 0 Å². The summed E-state index contributed by atoms with van der Waals surface area (Å²) in [4.78, 5) is 10.4. The van der Waals surface area contributed by atoms with Gasteiger partial charge in [-0.15, -0.1) is 0 Å². The van der Waals surface area contributed by atoms with E-state index in [-0.39, 0.29) is 16.5 Å². The minimum atomic E-state index is 0. The zero-order valence-corrected chi connectivity index (χ0v) is 35.9. The van der Waals surface area contributed by atoms with E-state index >= 15 is 0 Å². The van der Waals surface area contributed by atoms with E-state index in [0.717, 1.165) is 48.5 Å². The second-order valence-corrected chi connectivity index (χ2v) is 15.8. The molecule has 0 aliphatic heterocycles. The number of nitrogens with zero attached hydrogens (tertiary/aromatic N) is 2. The molecule has 0 atom stereocenters. The summed E-state index contributed by atoms with van der Waals surface area (Å²) in [5.41, 5.74) is 9.20. The summed E-state index contributed by atoms with van der Waals surface area (Å²) in [7, 11) is 0. The molecule has 0 aliphatic carbocycles. The van der Waals surface area contributed by atoms with Crippen LogP contribution in [-0.4, -0.2) is 11.4 Å². The van der Waals surface area contributed by atoms with E-state index in [1.807, 2.05) is 0 Å². The summed E-state index contributed by atoms with van der Waals surface area (Å²) in [5, 5.41) is 0. The van der Waals surface area contributed by atoms with E-state index in [2.05, 4.69) is 90.1 Å². The largest absolute Gasteiger partial charge is 0.251 e. The Morgan fingerprint density at radius 1 is 0.423 bits per heavy atom. The predicted octanol–water partition coefficient (Wildman–Crippen LogP) is 16.9. The van der Waals surface area contributed by atoms with E-state index in [1.54, 1.807) is 0 Å². The van der Waals surface area contributed by atoms with Gasteiger partial charge in [-0.1, -0.05) is 180 Å². The van der Waals surface area contributed by atoms with E-state index < -0.39 is 0 Å². The SMILES string of the molecule is CCCCCCCCCCCCCCCCCCCCCCCCCC=CC(=Nc1cc(C)cc(C)c1)C(CCCC)=Nc1cc(C)cc(C)c1.[Ni]. The number of hydrogen-bond donors (Lipinski definition) is 0. The zero-order valence-electron chi connectivity index (χ0n) is 34.9. The molecule has 0 aliphatic rings. The maximum Gasteiger partial charge on any atom is 0.0848 e. The molecule has 3 heteroatoms. The molecule has 2 aromatic rings. The van der Waals surface area contributed by atoms with Gasteiger partial charge >= 0.3 is 0 Å². The van der Waals surface area contributed by atoms with Crippen molar-refractivity contribution in [1.82, 2.24) is 0 Å². The Labute approximate surface area is 333 Å². The van der Waals surface area contributed by atoms with Gasteiger partial charge in [0.05, 0.1) is 22.8 Å². The normalized spacial score (nSPS) is 12.2. The molecule has 2 nitrogen and oxygen atoms in total. The summed E-state index contributed by atoms with van der Waals surface area (Å²) in [6.07, 6.45) is 41.8. The standard InChI is InChI=1S/C49H80N2.Ni/c1-7-9-11-12-13-14-15-16-17-18-19-20-21-22-23-24-25-26-27-28-29-30-31-32-33-35-49(51-47-40-44(5)37-45(6)41-47)48(34-10-8-2)50-46-38-42(3)36-43(4)39-46;/h33,35-41H,7-32,34H2,1-6H3;. The van der Waals surface area contributed by atoms with Crippen LogP contribution in [0.5, 0.6) is 0 Å². The van der Waals surface area contributed by atoms with Gasteiger partial charge in [0.15, 0.2) is 0 Å². The Balaban J connectivity index is 0.0000135. The summed E-state index contributed by atoms with van der Waals surface area (Å²) in [5.74, 6) is 0. The number of aliphatic imine (C=N–C) groups is 2. The molecule has 0 bridgehead atoms. The molecule has 0 fully saturated rings. The van der Waals surface area contributed by atoms with Crippen molar-refractivity contribution in [1.29, 1.82) is 0 Å². The summed E-state index contributed by atoms with van der Waals surface area (Å²) < 4.78 is 0. The van der Waals surface area contributed by atoms with Crippen LogP contribution in [0.15, 0.2) is 58.5 Å². The topological polar surface area (TPSA) is 24.7 Å². The fraction of sp³-hybridized carbons (Fsp3) is 0.673. The van der Waals surface area contributed by atoms with Crippen LogP contribution in [0.1, 0.15) is 209 Å². The van der Waals surface area contributed by atoms with Crippen molar-refractivity contribution in [2.45, 2.75) is 215 Å². The molecule has 296 valence electrons. The maximum absolute atomic E-state index is 5.21. The van der Waals surface area contributed by atoms with Crippen LogP contribution in [0.4, 0.5) is 11.4 Å². The molecular formula is C49H80N2Ni. The van der Waals surface area contributed by atoms with Crippen LogP contribution >= 0.6 is 0 Å². The smallest absolute Gasteiger partial charge is 0.0848 e. The van der Waals surface area contributed by atoms with Crippen molar-refractivity contribution in [2.24, 2.45) is 9.98 Å².